The maximum absolute atomic E-state index is 11.6. The predicted molar refractivity (Wildman–Crippen MR) is 77.9 cm³/mol. The van der Waals surface area contributed by atoms with Crippen molar-refractivity contribution in [3.05, 3.63) is 0 Å². The van der Waals surface area contributed by atoms with E-state index in [0.29, 0.717) is 0 Å². The zero-order chi connectivity index (χ0) is 22.9. The van der Waals surface area contributed by atoms with Crippen molar-refractivity contribution in [2.24, 2.45) is 0 Å². The molecular formula is C6H12O18S4. The summed E-state index contributed by atoms with van der Waals surface area (Å²) in [7, 11) is -26.6. The summed E-state index contributed by atoms with van der Waals surface area (Å²) in [5.74, 6) is 0. The minimum absolute atomic E-state index is 3.80. The third kappa shape index (κ3) is 3.05. The maximum Gasteiger partial charge on any atom is 0.304 e. The molecule has 9 N–H and O–H groups in total. The van der Waals surface area contributed by atoms with Crippen molar-refractivity contribution >= 4 is 40.5 Å². The van der Waals surface area contributed by atoms with Crippen LogP contribution < -0.4 is 0 Å². The Morgan fingerprint density at radius 3 is 1.32 bits per heavy atom. The van der Waals surface area contributed by atoms with Crippen molar-refractivity contribution in [1.82, 2.24) is 0 Å². The highest BCUT2D eigenvalue weighted by Gasteiger charge is 2.88. The van der Waals surface area contributed by atoms with Crippen molar-refractivity contribution in [2.45, 2.75) is 32.6 Å². The predicted octanol–water partition coefficient (Wildman–Crippen LogP) is -6.36. The summed E-state index contributed by atoms with van der Waals surface area (Å²) < 4.78 is 131. The normalized spacial score (nSPS) is 39.5. The molecule has 0 saturated carbocycles. The molecule has 0 spiro atoms. The minimum Gasteiger partial charge on any atom is -0.373 e. The minimum atomic E-state index is -7.00. The molecule has 1 aliphatic rings. The van der Waals surface area contributed by atoms with Crippen molar-refractivity contribution in [3.63, 3.8) is 0 Å². The van der Waals surface area contributed by atoms with Gasteiger partial charge in [0.1, 0.15) is 0 Å². The Morgan fingerprint density at radius 1 is 0.714 bits per heavy atom. The zero-order valence-electron chi connectivity index (χ0n) is 12.6. The van der Waals surface area contributed by atoms with Crippen LogP contribution in [0.15, 0.2) is 0 Å². The molecule has 0 aliphatic carbocycles. The van der Waals surface area contributed by atoms with Gasteiger partial charge in [-0.3, -0.25) is 18.2 Å². The van der Waals surface area contributed by atoms with Gasteiger partial charge in [-0.25, -0.2) is 0 Å². The number of hydrogen-bond donors (Lipinski definition) is 9. The fourth-order valence-corrected chi connectivity index (χ4v) is 7.09. The molecule has 1 aliphatic heterocycles. The van der Waals surface area contributed by atoms with Gasteiger partial charge in [-0.1, -0.05) is 0 Å². The summed E-state index contributed by atoms with van der Waals surface area (Å²) in [4.78, 5) is -16.6. The van der Waals surface area contributed by atoms with Crippen LogP contribution in [0.1, 0.15) is 0 Å². The molecule has 2 unspecified atom stereocenters. The molecule has 1 rings (SSSR count). The quantitative estimate of drug-likeness (QED) is 0.158. The summed E-state index contributed by atoms with van der Waals surface area (Å²) in [6.45, 7) is 0. The van der Waals surface area contributed by atoms with Crippen LogP contribution in [0.4, 0.5) is 0 Å². The Morgan fingerprint density at radius 2 is 1.07 bits per heavy atom. The van der Waals surface area contributed by atoms with E-state index >= 15 is 0 Å². The van der Waals surface area contributed by atoms with E-state index in [1.54, 1.807) is 0 Å². The molecule has 6 atom stereocenters. The molecule has 0 aromatic carbocycles. The van der Waals surface area contributed by atoms with Crippen molar-refractivity contribution < 1.29 is 82.2 Å². The van der Waals surface area contributed by atoms with E-state index in [9.17, 15) is 59.2 Å². The average Bonchev–Trinajstić information content (AvgIpc) is 2.43. The Hall–Kier alpha value is -0.600. The lowest BCUT2D eigenvalue weighted by atomic mass is 9.96. The second-order valence-corrected chi connectivity index (χ2v) is 11.5. The lowest BCUT2D eigenvalue weighted by molar-refractivity contribution is -0.332. The second-order valence-electron chi connectivity index (χ2n) is 5.28. The summed E-state index contributed by atoms with van der Waals surface area (Å²) in [6.07, 6.45) is -7.88. The maximum atomic E-state index is 11.6. The molecule has 1 fully saturated rings. The summed E-state index contributed by atoms with van der Waals surface area (Å²) >= 11 is 0. The fraction of sp³-hybridized carbons (Fsp3) is 1.00. The fourth-order valence-electron chi connectivity index (χ4n) is 2.35. The zero-order valence-corrected chi connectivity index (χ0v) is 15.8. The monoisotopic (exact) mass is 500 g/mol. The van der Waals surface area contributed by atoms with Gasteiger partial charge in [0.15, 0.2) is 6.10 Å². The Kier molecular flexibility index (Phi) is 5.86. The van der Waals surface area contributed by atoms with E-state index in [4.69, 9.17) is 18.2 Å². The largest absolute Gasteiger partial charge is 0.373 e. The highest BCUT2D eigenvalue weighted by atomic mass is 32.2. The van der Waals surface area contributed by atoms with Crippen LogP contribution in [0.2, 0.25) is 0 Å². The van der Waals surface area contributed by atoms with Crippen LogP contribution in [0, 0.1) is 0 Å². The number of aliphatic hydroxyl groups excluding tert-OH is 2. The molecule has 0 bridgehead atoms. The number of hydrogen-bond acceptors (Lipinski definition) is 14. The first-order chi connectivity index (χ1) is 11.9. The first kappa shape index (κ1) is 25.4. The van der Waals surface area contributed by atoms with Gasteiger partial charge in [0.2, 0.25) is 11.7 Å². The van der Waals surface area contributed by atoms with Gasteiger partial charge in [0.05, 0.1) is 0 Å². The molecule has 0 amide bonds. The molecule has 28 heavy (non-hydrogen) atoms. The number of ether oxygens (including phenoxy) is 1. The Bertz CT molecular complexity index is 1070. The smallest absolute Gasteiger partial charge is 0.304 e. The standard InChI is InChI=1S/C6H12O18S4/c7-2(25(12,13)14)1-4(9,26(15,16)17)6(11,28(21,22)23)5(10,3(8)24-1)27(18,19)20/h1-3,7-11H,(H,12,13,14)(H,15,16,17)(H,18,19,20)(H,21,22,23)/t1-,2?,3?,4+,5-,6-/m1/s1. The van der Waals surface area contributed by atoms with E-state index in [-0.39, 0.29) is 0 Å². The molecule has 1 heterocycles. The molecule has 18 nitrogen and oxygen atoms in total. The van der Waals surface area contributed by atoms with Crippen LogP contribution in [0.3, 0.4) is 0 Å². The van der Waals surface area contributed by atoms with Crippen LogP contribution in [0.5, 0.6) is 0 Å². The van der Waals surface area contributed by atoms with E-state index in [1.807, 2.05) is 0 Å². The van der Waals surface area contributed by atoms with Crippen LogP contribution in [-0.2, 0) is 45.2 Å². The molecule has 168 valence electrons. The summed E-state index contributed by atoms with van der Waals surface area (Å²) in [5, 5.41) is 49.1. The van der Waals surface area contributed by atoms with E-state index in [2.05, 4.69) is 4.74 Å². The summed E-state index contributed by atoms with van der Waals surface area (Å²) in [5.41, 5.74) is -3.88. The molecular weight excluding hydrogens is 488 g/mol. The Labute approximate surface area is 155 Å². The first-order valence-corrected chi connectivity index (χ1v) is 11.8. The van der Waals surface area contributed by atoms with Crippen molar-refractivity contribution in [3.8, 4) is 0 Å². The molecule has 0 radical (unpaired) electrons. The van der Waals surface area contributed by atoms with Crippen LogP contribution >= 0.6 is 0 Å². The molecule has 22 heteroatoms. The lowest BCUT2D eigenvalue weighted by Gasteiger charge is -2.54. The third-order valence-electron chi connectivity index (χ3n) is 3.69. The number of aliphatic hydroxyl groups is 5. The molecule has 0 aromatic rings. The van der Waals surface area contributed by atoms with Gasteiger partial charge in [0.25, 0.3) is 24.9 Å². The van der Waals surface area contributed by atoms with Crippen molar-refractivity contribution in [2.75, 3.05) is 0 Å². The highest BCUT2D eigenvalue weighted by Crippen LogP contribution is 2.52. The lowest BCUT2D eigenvalue weighted by Crippen LogP contribution is -2.87. The van der Waals surface area contributed by atoms with E-state index < -0.39 is 73.1 Å². The van der Waals surface area contributed by atoms with Gasteiger partial charge in [0, 0.05) is 0 Å². The average molecular weight is 500 g/mol. The third-order valence-corrected chi connectivity index (χ3v) is 8.77. The van der Waals surface area contributed by atoms with E-state index in [0.717, 1.165) is 0 Å². The van der Waals surface area contributed by atoms with Gasteiger partial charge >= 0.3 is 30.4 Å². The van der Waals surface area contributed by atoms with Crippen molar-refractivity contribution in [1.29, 1.82) is 0 Å². The molecule has 1 saturated heterocycles. The first-order valence-electron chi connectivity index (χ1n) is 5.98. The highest BCUT2D eigenvalue weighted by molar-refractivity contribution is 7.94. The van der Waals surface area contributed by atoms with E-state index in [1.165, 1.54) is 0 Å². The van der Waals surface area contributed by atoms with Gasteiger partial charge in [-0.05, 0) is 0 Å². The second kappa shape index (κ2) is 6.45. The SMILES string of the molecule is O=S(=O)(O)C(O)[C@H]1OC(O)[C@@](O)(S(=O)(=O)O)[C@](O)(S(=O)(=O)O)[C@@]1(O)S(=O)(=O)O. The van der Waals surface area contributed by atoms with Gasteiger partial charge < -0.3 is 30.3 Å². The van der Waals surface area contributed by atoms with Crippen LogP contribution in [0.25, 0.3) is 0 Å². The number of rotatable bonds is 5. The van der Waals surface area contributed by atoms with Gasteiger partial charge in [-0.15, -0.1) is 0 Å². The Balaban J connectivity index is 4.33. The van der Waals surface area contributed by atoms with Crippen LogP contribution in [-0.4, -0.2) is 110 Å². The topological polar surface area (TPSA) is 328 Å². The summed E-state index contributed by atoms with van der Waals surface area (Å²) in [6, 6.07) is 0. The molecule has 0 aromatic heterocycles. The van der Waals surface area contributed by atoms with Gasteiger partial charge in [-0.2, -0.15) is 33.7 Å².